The number of rotatable bonds is 3. The van der Waals surface area contributed by atoms with Crippen LogP contribution in [0.2, 0.25) is 5.02 Å². The molecule has 1 saturated heterocycles. The normalized spacial score (nSPS) is 16.0. The Bertz CT molecular complexity index is 851. The lowest BCUT2D eigenvalue weighted by Crippen LogP contribution is -2.48. The van der Waals surface area contributed by atoms with Crippen LogP contribution in [0.3, 0.4) is 0 Å². The van der Waals surface area contributed by atoms with Crippen molar-refractivity contribution < 1.29 is 9.21 Å². The van der Waals surface area contributed by atoms with Crippen molar-refractivity contribution in [2.45, 2.75) is 6.54 Å². The van der Waals surface area contributed by atoms with Gasteiger partial charge in [-0.2, -0.15) is 0 Å². The molecule has 0 atom stereocenters. The summed E-state index contributed by atoms with van der Waals surface area (Å²) in [7, 11) is 0. The van der Waals surface area contributed by atoms with Crippen LogP contribution in [0.5, 0.6) is 0 Å². The highest BCUT2D eigenvalue weighted by molar-refractivity contribution is 7.19. The van der Waals surface area contributed by atoms with Gasteiger partial charge < -0.3 is 9.32 Å². The fourth-order valence-corrected chi connectivity index (χ4v) is 4.58. The first-order valence-corrected chi connectivity index (χ1v) is 9.11. The van der Waals surface area contributed by atoms with Crippen LogP contribution >= 0.6 is 22.9 Å². The highest BCUT2D eigenvalue weighted by Crippen LogP contribution is 2.36. The molecule has 0 radical (unpaired) electrons. The zero-order valence-corrected chi connectivity index (χ0v) is 14.6. The van der Waals surface area contributed by atoms with Crippen LogP contribution in [0.4, 0.5) is 0 Å². The van der Waals surface area contributed by atoms with Crippen molar-refractivity contribution in [2.75, 3.05) is 26.2 Å². The number of hydrogen-bond donors (Lipinski definition) is 0. The number of carbonyl (C=O) groups is 1. The summed E-state index contributed by atoms with van der Waals surface area (Å²) in [6, 6.07) is 9.95. The molecule has 1 amide bonds. The van der Waals surface area contributed by atoms with Gasteiger partial charge in [0, 0.05) is 47.7 Å². The summed E-state index contributed by atoms with van der Waals surface area (Å²) in [5, 5.41) is 2.00. The Kier molecular flexibility index (Phi) is 4.31. The molecule has 2 aromatic heterocycles. The molecule has 1 aliphatic rings. The molecule has 24 heavy (non-hydrogen) atoms. The van der Waals surface area contributed by atoms with Gasteiger partial charge in [0.15, 0.2) is 0 Å². The Hall–Kier alpha value is -1.82. The van der Waals surface area contributed by atoms with E-state index in [4.69, 9.17) is 16.0 Å². The number of piperazine rings is 1. The standard InChI is InChI=1S/C18H17ClN2O2S/c19-17-14-3-1-2-4-15(14)24-16(17)11-20-6-8-21(9-7-20)18(22)13-5-10-23-12-13/h1-5,10,12H,6-9,11H2. The summed E-state index contributed by atoms with van der Waals surface area (Å²) in [6.45, 7) is 4.01. The van der Waals surface area contributed by atoms with Crippen LogP contribution in [0.25, 0.3) is 10.1 Å². The molecule has 1 fully saturated rings. The highest BCUT2D eigenvalue weighted by atomic mass is 35.5. The summed E-state index contributed by atoms with van der Waals surface area (Å²) in [6.07, 6.45) is 3.04. The number of fused-ring (bicyclic) bond motifs is 1. The van der Waals surface area contributed by atoms with Crippen LogP contribution in [-0.2, 0) is 6.54 Å². The molecule has 0 spiro atoms. The average Bonchev–Trinajstić information content (AvgIpc) is 3.25. The van der Waals surface area contributed by atoms with Crippen molar-refractivity contribution in [1.29, 1.82) is 0 Å². The second-order valence-electron chi connectivity index (χ2n) is 5.92. The van der Waals surface area contributed by atoms with Crippen molar-refractivity contribution in [3.05, 3.63) is 58.3 Å². The van der Waals surface area contributed by atoms with Gasteiger partial charge in [-0.15, -0.1) is 11.3 Å². The Balaban J connectivity index is 1.41. The Labute approximate surface area is 149 Å². The van der Waals surface area contributed by atoms with Crippen LogP contribution in [0.15, 0.2) is 47.3 Å². The lowest BCUT2D eigenvalue weighted by molar-refractivity contribution is 0.0629. The van der Waals surface area contributed by atoms with Crippen molar-refractivity contribution in [3.63, 3.8) is 0 Å². The van der Waals surface area contributed by atoms with Gasteiger partial charge in [-0.1, -0.05) is 29.8 Å². The number of hydrogen-bond acceptors (Lipinski definition) is 4. The Morgan fingerprint density at radius 2 is 1.96 bits per heavy atom. The fourth-order valence-electron chi connectivity index (χ4n) is 3.05. The third-order valence-corrected chi connectivity index (χ3v) is 6.10. The smallest absolute Gasteiger partial charge is 0.257 e. The number of carbonyl (C=O) groups excluding carboxylic acids is 1. The SMILES string of the molecule is O=C(c1ccoc1)N1CCN(Cc2sc3ccccc3c2Cl)CC1. The van der Waals surface area contributed by atoms with Crippen LogP contribution in [0, 0.1) is 0 Å². The van der Waals surface area contributed by atoms with E-state index in [2.05, 4.69) is 17.0 Å². The van der Waals surface area contributed by atoms with Gasteiger partial charge >= 0.3 is 0 Å². The fraction of sp³-hybridized carbons (Fsp3) is 0.278. The molecule has 1 aromatic carbocycles. The van der Waals surface area contributed by atoms with Crippen LogP contribution in [0.1, 0.15) is 15.2 Å². The monoisotopic (exact) mass is 360 g/mol. The Morgan fingerprint density at radius 1 is 1.17 bits per heavy atom. The summed E-state index contributed by atoms with van der Waals surface area (Å²) in [4.78, 5) is 17.8. The molecule has 6 heteroatoms. The third-order valence-electron chi connectivity index (χ3n) is 4.40. The average molecular weight is 361 g/mol. The number of thiophene rings is 1. The van der Waals surface area contributed by atoms with E-state index in [-0.39, 0.29) is 5.91 Å². The molecular formula is C18H17ClN2O2S. The van der Waals surface area contributed by atoms with Crippen molar-refractivity contribution in [1.82, 2.24) is 9.80 Å². The van der Waals surface area contributed by atoms with E-state index in [1.54, 1.807) is 17.4 Å². The first kappa shape index (κ1) is 15.7. The number of nitrogens with zero attached hydrogens (tertiary/aromatic N) is 2. The summed E-state index contributed by atoms with van der Waals surface area (Å²) in [5.74, 6) is 0.0447. The molecule has 0 aliphatic carbocycles. The quantitative estimate of drug-likeness (QED) is 0.705. The molecule has 0 bridgehead atoms. The zero-order chi connectivity index (χ0) is 16.5. The van der Waals surface area contributed by atoms with E-state index in [1.165, 1.54) is 22.1 Å². The largest absolute Gasteiger partial charge is 0.472 e. The highest BCUT2D eigenvalue weighted by Gasteiger charge is 2.23. The number of benzene rings is 1. The van der Waals surface area contributed by atoms with Crippen molar-refractivity contribution in [3.8, 4) is 0 Å². The predicted molar refractivity (Wildman–Crippen MR) is 96.7 cm³/mol. The first-order valence-electron chi connectivity index (χ1n) is 7.92. The van der Waals surface area contributed by atoms with E-state index < -0.39 is 0 Å². The van der Waals surface area contributed by atoms with Gasteiger partial charge in [0.1, 0.15) is 6.26 Å². The lowest BCUT2D eigenvalue weighted by Gasteiger charge is -2.34. The molecule has 0 saturated carbocycles. The molecule has 4 nitrogen and oxygen atoms in total. The molecule has 4 rings (SSSR count). The van der Waals surface area contributed by atoms with Gasteiger partial charge in [0.2, 0.25) is 0 Å². The van der Waals surface area contributed by atoms with Crippen LogP contribution in [-0.4, -0.2) is 41.9 Å². The third kappa shape index (κ3) is 2.95. The molecule has 3 aromatic rings. The lowest BCUT2D eigenvalue weighted by atomic mass is 10.2. The van der Waals surface area contributed by atoms with Gasteiger partial charge in [0.05, 0.1) is 16.8 Å². The molecule has 124 valence electrons. The van der Waals surface area contributed by atoms with E-state index in [1.807, 2.05) is 17.0 Å². The Morgan fingerprint density at radius 3 is 2.67 bits per heavy atom. The topological polar surface area (TPSA) is 36.7 Å². The van der Waals surface area contributed by atoms with E-state index in [9.17, 15) is 4.79 Å². The zero-order valence-electron chi connectivity index (χ0n) is 13.1. The second kappa shape index (κ2) is 6.59. The predicted octanol–water partition coefficient (Wildman–Crippen LogP) is 4.11. The maximum atomic E-state index is 12.3. The summed E-state index contributed by atoms with van der Waals surface area (Å²) >= 11 is 8.29. The molecular weight excluding hydrogens is 344 g/mol. The van der Waals surface area contributed by atoms with Crippen molar-refractivity contribution >= 4 is 38.9 Å². The minimum absolute atomic E-state index is 0.0447. The number of amides is 1. The second-order valence-corrected chi connectivity index (χ2v) is 7.43. The number of halogens is 1. The maximum Gasteiger partial charge on any atom is 0.257 e. The van der Waals surface area contributed by atoms with Gasteiger partial charge in [-0.25, -0.2) is 0 Å². The first-order chi connectivity index (χ1) is 11.7. The van der Waals surface area contributed by atoms with E-state index >= 15 is 0 Å². The van der Waals surface area contributed by atoms with Gasteiger partial charge in [-0.3, -0.25) is 9.69 Å². The van der Waals surface area contributed by atoms with Gasteiger partial charge in [-0.05, 0) is 12.1 Å². The van der Waals surface area contributed by atoms with Crippen LogP contribution < -0.4 is 0 Å². The van der Waals surface area contributed by atoms with E-state index in [0.29, 0.717) is 5.56 Å². The summed E-state index contributed by atoms with van der Waals surface area (Å²) < 4.78 is 6.23. The van der Waals surface area contributed by atoms with Crippen molar-refractivity contribution in [2.24, 2.45) is 0 Å². The molecule has 0 N–H and O–H groups in total. The number of furan rings is 1. The van der Waals surface area contributed by atoms with E-state index in [0.717, 1.165) is 43.1 Å². The summed E-state index contributed by atoms with van der Waals surface area (Å²) in [5.41, 5.74) is 0.621. The molecule has 1 aliphatic heterocycles. The molecule has 3 heterocycles. The van der Waals surface area contributed by atoms with Gasteiger partial charge in [0.25, 0.3) is 5.91 Å². The molecule has 0 unspecified atom stereocenters. The minimum atomic E-state index is 0.0447. The maximum absolute atomic E-state index is 12.3. The minimum Gasteiger partial charge on any atom is -0.472 e.